The van der Waals surface area contributed by atoms with Gasteiger partial charge in [0, 0.05) is 18.1 Å². The number of hydrogen-bond acceptors (Lipinski definition) is 4. The van der Waals surface area contributed by atoms with Crippen molar-refractivity contribution in [1.29, 1.82) is 0 Å². The molecule has 3 rings (SSSR count). The highest BCUT2D eigenvalue weighted by molar-refractivity contribution is 6.33. The lowest BCUT2D eigenvalue weighted by molar-refractivity contribution is -0.173. The van der Waals surface area contributed by atoms with Gasteiger partial charge in [0.1, 0.15) is 0 Å². The molecule has 0 fully saturated rings. The van der Waals surface area contributed by atoms with Gasteiger partial charge in [0.15, 0.2) is 5.65 Å². The highest BCUT2D eigenvalue weighted by Gasteiger charge is 2.37. The predicted molar refractivity (Wildman–Crippen MR) is 98.5 cm³/mol. The SMILES string of the molecule is COc1ccc2nc(-c3ccc(Cl)c(NC(=O)CC(C)C(F)(F)F)c3)cn2n1. The molecule has 6 nitrogen and oxygen atoms in total. The van der Waals surface area contributed by atoms with E-state index in [9.17, 15) is 18.0 Å². The van der Waals surface area contributed by atoms with Crippen molar-refractivity contribution in [3.63, 3.8) is 0 Å². The summed E-state index contributed by atoms with van der Waals surface area (Å²) in [5.41, 5.74) is 1.96. The number of carbonyl (C=O) groups is 1. The number of halogens is 4. The second-order valence-corrected chi connectivity index (χ2v) is 6.60. The Balaban J connectivity index is 1.84. The standard InChI is InChI=1S/C18H16ClF3N4O2/c1-10(18(20,21)22)7-16(27)24-13-8-11(3-4-12(13)19)14-9-26-15(23-14)5-6-17(25-26)28-2/h3-6,8-10H,7H2,1-2H3,(H,24,27). The van der Waals surface area contributed by atoms with Crippen molar-refractivity contribution < 1.29 is 22.7 Å². The Kier molecular flexibility index (Phi) is 5.46. The van der Waals surface area contributed by atoms with Crippen LogP contribution in [0.3, 0.4) is 0 Å². The third kappa shape index (κ3) is 4.36. The fraction of sp³-hybridized carbons (Fsp3) is 0.278. The van der Waals surface area contributed by atoms with Gasteiger partial charge in [-0.2, -0.15) is 13.2 Å². The van der Waals surface area contributed by atoms with Crippen molar-refractivity contribution in [2.75, 3.05) is 12.4 Å². The zero-order valence-electron chi connectivity index (χ0n) is 14.9. The summed E-state index contributed by atoms with van der Waals surface area (Å²) in [7, 11) is 1.50. The number of nitrogens with zero attached hydrogens (tertiary/aromatic N) is 3. The smallest absolute Gasteiger partial charge is 0.392 e. The van der Waals surface area contributed by atoms with E-state index in [4.69, 9.17) is 16.3 Å². The molecule has 2 heterocycles. The molecule has 2 aromatic heterocycles. The van der Waals surface area contributed by atoms with Crippen LogP contribution in [0.1, 0.15) is 13.3 Å². The third-order valence-corrected chi connectivity index (χ3v) is 4.42. The number of hydrogen-bond donors (Lipinski definition) is 1. The molecule has 1 amide bonds. The van der Waals surface area contributed by atoms with Gasteiger partial charge >= 0.3 is 6.18 Å². The first kappa shape index (κ1) is 19.9. The lowest BCUT2D eigenvalue weighted by Gasteiger charge is -2.15. The number of benzene rings is 1. The van der Waals surface area contributed by atoms with Crippen molar-refractivity contribution in [3.8, 4) is 17.1 Å². The summed E-state index contributed by atoms with van der Waals surface area (Å²) < 4.78 is 44.5. The number of fused-ring (bicyclic) bond motifs is 1. The Morgan fingerprint density at radius 3 is 2.75 bits per heavy atom. The molecule has 0 saturated heterocycles. The fourth-order valence-corrected chi connectivity index (χ4v) is 2.65. The summed E-state index contributed by atoms with van der Waals surface area (Å²) in [6, 6.07) is 8.18. The Morgan fingerprint density at radius 1 is 1.32 bits per heavy atom. The quantitative estimate of drug-likeness (QED) is 0.665. The number of imidazole rings is 1. The lowest BCUT2D eigenvalue weighted by Crippen LogP contribution is -2.25. The van der Waals surface area contributed by atoms with E-state index in [1.807, 2.05) is 0 Å². The van der Waals surface area contributed by atoms with Crippen LogP contribution in [0.5, 0.6) is 5.88 Å². The minimum absolute atomic E-state index is 0.209. The first-order valence-electron chi connectivity index (χ1n) is 8.24. The van der Waals surface area contributed by atoms with Crippen molar-refractivity contribution >= 4 is 28.8 Å². The Bertz CT molecular complexity index is 1020. The first-order valence-corrected chi connectivity index (χ1v) is 8.62. The maximum absolute atomic E-state index is 12.6. The maximum Gasteiger partial charge on any atom is 0.392 e. The van der Waals surface area contributed by atoms with E-state index in [0.29, 0.717) is 22.8 Å². The number of ether oxygens (including phenoxy) is 1. The van der Waals surface area contributed by atoms with Crippen molar-refractivity contribution in [2.24, 2.45) is 5.92 Å². The van der Waals surface area contributed by atoms with Gasteiger partial charge in [0.2, 0.25) is 11.8 Å². The highest BCUT2D eigenvalue weighted by Crippen LogP contribution is 2.31. The number of rotatable bonds is 5. The van der Waals surface area contributed by atoms with Gasteiger partial charge in [-0.25, -0.2) is 9.50 Å². The minimum atomic E-state index is -4.44. The Hall–Kier alpha value is -2.81. The number of amides is 1. The molecule has 28 heavy (non-hydrogen) atoms. The van der Waals surface area contributed by atoms with Crippen LogP contribution in [0.4, 0.5) is 18.9 Å². The molecule has 1 atom stereocenters. The van der Waals surface area contributed by atoms with Gasteiger partial charge in [0.25, 0.3) is 0 Å². The molecule has 0 bridgehead atoms. The molecule has 1 unspecified atom stereocenters. The molecule has 3 aromatic rings. The number of carbonyl (C=O) groups excluding carboxylic acids is 1. The molecule has 0 aliphatic heterocycles. The topological polar surface area (TPSA) is 68.5 Å². The lowest BCUT2D eigenvalue weighted by atomic mass is 10.1. The summed E-state index contributed by atoms with van der Waals surface area (Å²) in [6.45, 7) is 0.954. The molecule has 148 valence electrons. The average Bonchev–Trinajstić information content (AvgIpc) is 3.05. The van der Waals surface area contributed by atoms with Crippen LogP contribution in [0.2, 0.25) is 5.02 Å². The van der Waals surface area contributed by atoms with Gasteiger partial charge in [0.05, 0.1) is 35.6 Å². The van der Waals surface area contributed by atoms with Gasteiger partial charge in [-0.15, -0.1) is 5.10 Å². The summed E-state index contributed by atoms with van der Waals surface area (Å²) in [6.07, 6.45) is -3.46. The zero-order chi connectivity index (χ0) is 20.5. The van der Waals surface area contributed by atoms with Gasteiger partial charge in [-0.3, -0.25) is 4.79 Å². The van der Waals surface area contributed by atoms with E-state index in [1.165, 1.54) is 17.7 Å². The summed E-state index contributed by atoms with van der Waals surface area (Å²) in [4.78, 5) is 16.4. The van der Waals surface area contributed by atoms with E-state index >= 15 is 0 Å². The largest absolute Gasteiger partial charge is 0.480 e. The van der Waals surface area contributed by atoms with Crippen LogP contribution in [0.25, 0.3) is 16.9 Å². The first-order chi connectivity index (χ1) is 13.2. The molecule has 0 aliphatic rings. The number of methoxy groups -OCH3 is 1. The van der Waals surface area contributed by atoms with Crippen molar-refractivity contribution in [3.05, 3.63) is 41.6 Å². The molecule has 0 radical (unpaired) electrons. The van der Waals surface area contributed by atoms with Crippen LogP contribution in [0.15, 0.2) is 36.5 Å². The molecule has 10 heteroatoms. The summed E-state index contributed by atoms with van der Waals surface area (Å²) in [5.74, 6) is -2.11. The van der Waals surface area contributed by atoms with Crippen LogP contribution < -0.4 is 10.1 Å². The van der Waals surface area contributed by atoms with Gasteiger partial charge in [-0.05, 0) is 18.2 Å². The minimum Gasteiger partial charge on any atom is -0.480 e. The predicted octanol–water partition coefficient (Wildman–Crippen LogP) is 4.59. The highest BCUT2D eigenvalue weighted by atomic mass is 35.5. The fourth-order valence-electron chi connectivity index (χ4n) is 2.49. The normalized spacial score (nSPS) is 12.8. The average molecular weight is 413 g/mol. The van der Waals surface area contributed by atoms with Gasteiger partial charge < -0.3 is 10.1 Å². The molecular formula is C18H16ClF3N4O2. The number of aromatic nitrogens is 3. The van der Waals surface area contributed by atoms with Crippen molar-refractivity contribution in [1.82, 2.24) is 14.6 Å². The van der Waals surface area contributed by atoms with E-state index in [2.05, 4.69) is 15.4 Å². The second kappa shape index (κ2) is 7.67. The van der Waals surface area contributed by atoms with Crippen LogP contribution >= 0.6 is 11.6 Å². The van der Waals surface area contributed by atoms with E-state index < -0.39 is 24.4 Å². The maximum atomic E-state index is 12.6. The van der Waals surface area contributed by atoms with Crippen LogP contribution in [0, 0.1) is 5.92 Å². The van der Waals surface area contributed by atoms with E-state index in [-0.39, 0.29) is 10.7 Å². The second-order valence-electron chi connectivity index (χ2n) is 6.19. The van der Waals surface area contributed by atoms with E-state index in [0.717, 1.165) is 6.92 Å². The third-order valence-electron chi connectivity index (χ3n) is 4.09. The Morgan fingerprint density at radius 2 is 2.07 bits per heavy atom. The Labute approximate surface area is 163 Å². The van der Waals surface area contributed by atoms with Crippen LogP contribution in [-0.4, -0.2) is 33.8 Å². The van der Waals surface area contributed by atoms with Gasteiger partial charge in [-0.1, -0.05) is 24.6 Å². The number of anilines is 1. The zero-order valence-corrected chi connectivity index (χ0v) is 15.7. The van der Waals surface area contributed by atoms with Crippen molar-refractivity contribution in [2.45, 2.75) is 19.5 Å². The molecule has 0 saturated carbocycles. The monoisotopic (exact) mass is 412 g/mol. The molecule has 0 spiro atoms. The summed E-state index contributed by atoms with van der Waals surface area (Å²) in [5, 5.41) is 6.86. The number of nitrogens with one attached hydrogen (secondary N) is 1. The molecule has 1 N–H and O–H groups in total. The molecule has 0 aliphatic carbocycles. The summed E-state index contributed by atoms with van der Waals surface area (Å²) >= 11 is 6.08. The molecule has 1 aromatic carbocycles. The van der Waals surface area contributed by atoms with E-state index in [1.54, 1.807) is 30.5 Å². The molecular weight excluding hydrogens is 397 g/mol. The van der Waals surface area contributed by atoms with Crippen LogP contribution in [-0.2, 0) is 4.79 Å². The number of alkyl halides is 3.